The van der Waals surface area contributed by atoms with Crippen molar-refractivity contribution in [2.75, 3.05) is 7.05 Å². The maximum atomic E-state index is 12.3. The zero-order valence-electron chi connectivity index (χ0n) is 10.5. The summed E-state index contributed by atoms with van der Waals surface area (Å²) in [7, 11) is 1.62. The summed E-state index contributed by atoms with van der Waals surface area (Å²) in [5.41, 5.74) is 0.217. The van der Waals surface area contributed by atoms with E-state index in [1.54, 1.807) is 25.5 Å². The lowest BCUT2D eigenvalue weighted by Crippen LogP contribution is -2.27. The highest BCUT2D eigenvalue weighted by molar-refractivity contribution is 14.1. The number of non-ortho nitro benzene ring substituents is 1. The van der Waals surface area contributed by atoms with Crippen molar-refractivity contribution < 1.29 is 9.72 Å². The number of hydrogen-bond acceptors (Lipinski definition) is 4. The predicted molar refractivity (Wildman–Crippen MR) is 80.2 cm³/mol. The zero-order valence-corrected chi connectivity index (χ0v) is 12.7. The molecule has 0 spiro atoms. The average molecular weight is 386 g/mol. The van der Waals surface area contributed by atoms with E-state index in [4.69, 9.17) is 0 Å². The zero-order chi connectivity index (χ0) is 14.7. The first-order valence-electron chi connectivity index (χ1n) is 5.66. The van der Waals surface area contributed by atoms with Crippen LogP contribution in [0.2, 0.25) is 0 Å². The van der Waals surface area contributed by atoms with Crippen LogP contribution in [0, 0.1) is 13.7 Å². The molecule has 1 N–H and O–H groups in total. The van der Waals surface area contributed by atoms with E-state index in [1.165, 1.54) is 17.0 Å². The number of carbonyl (C=O) groups is 1. The molecule has 1 aromatic carbocycles. The van der Waals surface area contributed by atoms with Gasteiger partial charge in [0.05, 0.1) is 17.0 Å². The highest BCUT2D eigenvalue weighted by Crippen LogP contribution is 2.21. The van der Waals surface area contributed by atoms with Crippen molar-refractivity contribution in [1.82, 2.24) is 14.9 Å². The number of nitro groups is 1. The Labute approximate surface area is 128 Å². The number of aromatic nitrogens is 2. The third-order valence-corrected chi connectivity index (χ3v) is 3.62. The minimum Gasteiger partial charge on any atom is -0.347 e. The summed E-state index contributed by atoms with van der Waals surface area (Å²) in [6, 6.07) is 4.24. The maximum Gasteiger partial charge on any atom is 0.270 e. The molecular weight excluding hydrogens is 375 g/mol. The number of nitro benzene ring substituents is 1. The number of halogens is 1. The molecule has 0 saturated heterocycles. The Morgan fingerprint density at radius 3 is 2.90 bits per heavy atom. The number of amides is 1. The molecule has 7 nitrogen and oxygen atoms in total. The van der Waals surface area contributed by atoms with Crippen molar-refractivity contribution in [2.45, 2.75) is 6.54 Å². The van der Waals surface area contributed by atoms with Crippen LogP contribution < -0.4 is 0 Å². The third kappa shape index (κ3) is 3.13. The van der Waals surface area contributed by atoms with Gasteiger partial charge in [0, 0.05) is 35.1 Å². The molecule has 0 bridgehead atoms. The second-order valence-corrected chi connectivity index (χ2v) is 5.28. The summed E-state index contributed by atoms with van der Waals surface area (Å²) in [5, 5.41) is 10.8. The monoisotopic (exact) mass is 386 g/mol. The fourth-order valence-corrected chi connectivity index (χ4v) is 2.24. The van der Waals surface area contributed by atoms with Crippen molar-refractivity contribution in [1.29, 1.82) is 0 Å². The van der Waals surface area contributed by atoms with Crippen LogP contribution in [0.5, 0.6) is 0 Å². The molecule has 2 rings (SSSR count). The summed E-state index contributed by atoms with van der Waals surface area (Å²) < 4.78 is 0.671. The molecule has 1 amide bonds. The molecule has 8 heteroatoms. The van der Waals surface area contributed by atoms with Gasteiger partial charge in [0.2, 0.25) is 0 Å². The third-order valence-electron chi connectivity index (χ3n) is 2.68. The van der Waals surface area contributed by atoms with Crippen LogP contribution >= 0.6 is 22.6 Å². The average Bonchev–Trinajstić information content (AvgIpc) is 2.91. The Hall–Kier alpha value is -1.97. The molecule has 104 valence electrons. The van der Waals surface area contributed by atoms with E-state index in [0.29, 0.717) is 21.5 Å². The second-order valence-electron chi connectivity index (χ2n) is 4.12. The number of nitrogens with zero attached hydrogens (tertiary/aromatic N) is 3. The molecule has 0 aliphatic rings. The second kappa shape index (κ2) is 5.99. The summed E-state index contributed by atoms with van der Waals surface area (Å²) in [5.74, 6) is 0.371. The standard InChI is InChI=1S/C12H11IN4O3/c1-16(7-11-14-4-5-15-11)12(18)9-6-8(17(19)20)2-3-10(9)13/h2-6H,7H2,1H3,(H,14,15). The van der Waals surface area contributed by atoms with E-state index >= 15 is 0 Å². The van der Waals surface area contributed by atoms with Crippen LogP contribution in [0.25, 0.3) is 0 Å². The van der Waals surface area contributed by atoms with Gasteiger partial charge in [-0.05, 0) is 28.7 Å². The van der Waals surface area contributed by atoms with Crippen LogP contribution in [0.15, 0.2) is 30.6 Å². The SMILES string of the molecule is CN(Cc1ncc[nH]1)C(=O)c1cc([N+](=O)[O-])ccc1I. The molecule has 0 aliphatic heterocycles. The lowest BCUT2D eigenvalue weighted by Gasteiger charge is -2.16. The molecule has 2 aromatic rings. The van der Waals surface area contributed by atoms with E-state index in [0.717, 1.165) is 0 Å². The number of imidazole rings is 1. The van der Waals surface area contributed by atoms with Crippen molar-refractivity contribution in [3.8, 4) is 0 Å². The molecule has 0 atom stereocenters. The fraction of sp³-hybridized carbons (Fsp3) is 0.167. The van der Waals surface area contributed by atoms with Gasteiger partial charge in [0.25, 0.3) is 11.6 Å². The van der Waals surface area contributed by atoms with Crippen LogP contribution in [-0.2, 0) is 6.54 Å². The molecule has 0 aliphatic carbocycles. The fourth-order valence-electron chi connectivity index (χ4n) is 1.68. The van der Waals surface area contributed by atoms with E-state index < -0.39 is 4.92 Å². The van der Waals surface area contributed by atoms with E-state index in [1.807, 2.05) is 22.6 Å². The van der Waals surface area contributed by atoms with E-state index in [-0.39, 0.29) is 11.6 Å². The van der Waals surface area contributed by atoms with Crippen molar-refractivity contribution in [3.05, 3.63) is 55.7 Å². The van der Waals surface area contributed by atoms with Gasteiger partial charge in [0.15, 0.2) is 0 Å². The van der Waals surface area contributed by atoms with Gasteiger partial charge in [-0.25, -0.2) is 4.98 Å². The van der Waals surface area contributed by atoms with Gasteiger partial charge < -0.3 is 9.88 Å². The van der Waals surface area contributed by atoms with Crippen LogP contribution in [0.4, 0.5) is 5.69 Å². The summed E-state index contributed by atoms with van der Waals surface area (Å²) in [6.07, 6.45) is 3.27. The highest BCUT2D eigenvalue weighted by atomic mass is 127. The lowest BCUT2D eigenvalue weighted by atomic mass is 10.2. The Morgan fingerprint density at radius 1 is 1.55 bits per heavy atom. The highest BCUT2D eigenvalue weighted by Gasteiger charge is 2.19. The van der Waals surface area contributed by atoms with Crippen LogP contribution in [-0.4, -0.2) is 32.7 Å². The lowest BCUT2D eigenvalue weighted by molar-refractivity contribution is -0.384. The molecule has 0 unspecified atom stereocenters. The minimum absolute atomic E-state index is 0.0971. The number of H-pyrrole nitrogens is 1. The van der Waals surface area contributed by atoms with Gasteiger partial charge >= 0.3 is 0 Å². The Balaban J connectivity index is 2.23. The largest absolute Gasteiger partial charge is 0.347 e. The number of benzene rings is 1. The van der Waals surface area contributed by atoms with Crippen molar-refractivity contribution in [3.63, 3.8) is 0 Å². The Kier molecular flexibility index (Phi) is 4.32. The Bertz CT molecular complexity index is 642. The van der Waals surface area contributed by atoms with E-state index in [9.17, 15) is 14.9 Å². The Morgan fingerprint density at radius 2 is 2.30 bits per heavy atom. The van der Waals surface area contributed by atoms with Crippen molar-refractivity contribution >= 4 is 34.2 Å². The number of carbonyl (C=O) groups excluding carboxylic acids is 1. The number of rotatable bonds is 4. The first-order valence-corrected chi connectivity index (χ1v) is 6.74. The number of hydrogen-bond donors (Lipinski definition) is 1. The van der Waals surface area contributed by atoms with Gasteiger partial charge in [-0.2, -0.15) is 0 Å². The van der Waals surface area contributed by atoms with Gasteiger partial charge in [-0.1, -0.05) is 0 Å². The number of nitrogens with one attached hydrogen (secondary N) is 1. The quantitative estimate of drug-likeness (QED) is 0.496. The molecule has 0 fully saturated rings. The topological polar surface area (TPSA) is 92.1 Å². The molecule has 1 aromatic heterocycles. The number of aromatic amines is 1. The van der Waals surface area contributed by atoms with Gasteiger partial charge in [0.1, 0.15) is 5.82 Å². The van der Waals surface area contributed by atoms with E-state index in [2.05, 4.69) is 9.97 Å². The summed E-state index contributed by atoms with van der Waals surface area (Å²) in [4.78, 5) is 31.0. The first-order chi connectivity index (χ1) is 9.49. The smallest absolute Gasteiger partial charge is 0.270 e. The molecule has 0 radical (unpaired) electrons. The van der Waals surface area contributed by atoms with Gasteiger partial charge in [-0.15, -0.1) is 0 Å². The maximum absolute atomic E-state index is 12.3. The normalized spacial score (nSPS) is 10.3. The summed E-state index contributed by atoms with van der Waals surface area (Å²) in [6.45, 7) is 0.310. The minimum atomic E-state index is -0.514. The van der Waals surface area contributed by atoms with Gasteiger partial charge in [-0.3, -0.25) is 14.9 Å². The predicted octanol–water partition coefficient (Wildman–Crippen LogP) is 2.19. The molecule has 20 heavy (non-hydrogen) atoms. The molecular formula is C12H11IN4O3. The summed E-state index contributed by atoms with van der Waals surface area (Å²) >= 11 is 1.99. The van der Waals surface area contributed by atoms with Crippen LogP contribution in [0.1, 0.15) is 16.2 Å². The molecule has 1 heterocycles. The first kappa shape index (κ1) is 14.4. The molecule has 0 saturated carbocycles. The van der Waals surface area contributed by atoms with Crippen molar-refractivity contribution in [2.24, 2.45) is 0 Å². The van der Waals surface area contributed by atoms with Crippen LogP contribution in [0.3, 0.4) is 0 Å².